The third-order valence-corrected chi connectivity index (χ3v) is 7.14. The number of carbonyl (C=O) groups is 2. The van der Waals surface area contributed by atoms with Gasteiger partial charge in [0, 0.05) is 12.6 Å². The third-order valence-electron chi connectivity index (χ3n) is 6.09. The van der Waals surface area contributed by atoms with E-state index in [4.69, 9.17) is 4.74 Å². The maximum atomic E-state index is 13.8. The number of thiazole rings is 1. The van der Waals surface area contributed by atoms with Crippen LogP contribution in [0.1, 0.15) is 31.0 Å². The van der Waals surface area contributed by atoms with Crippen molar-refractivity contribution in [2.75, 3.05) is 18.6 Å². The highest BCUT2D eigenvalue weighted by Gasteiger charge is 2.34. The second-order valence-electron chi connectivity index (χ2n) is 8.19. The van der Waals surface area contributed by atoms with Gasteiger partial charge in [0.05, 0.1) is 35.2 Å². The fraction of sp³-hybridized carbons (Fsp3) is 0.185. The van der Waals surface area contributed by atoms with Crippen LogP contribution in [0.15, 0.2) is 81.7 Å². The van der Waals surface area contributed by atoms with Crippen molar-refractivity contribution in [1.29, 1.82) is 0 Å². The Morgan fingerprint density at radius 1 is 1.11 bits per heavy atom. The summed E-state index contributed by atoms with van der Waals surface area (Å²) in [6.07, 6.45) is 3.68. The summed E-state index contributed by atoms with van der Waals surface area (Å²) in [5.41, 5.74) is 3.18. The molecular weight excluding hydrogens is 462 g/mol. The number of para-hydroxylation sites is 1. The molecule has 2 aliphatic rings. The highest BCUT2D eigenvalue weighted by molar-refractivity contribution is 7.07. The lowest BCUT2D eigenvalue weighted by Crippen LogP contribution is -2.39. The van der Waals surface area contributed by atoms with E-state index < -0.39 is 12.0 Å². The van der Waals surface area contributed by atoms with Crippen molar-refractivity contribution >= 4 is 40.5 Å². The lowest BCUT2D eigenvalue weighted by molar-refractivity contribution is -0.139. The highest BCUT2D eigenvalue weighted by atomic mass is 32.1. The van der Waals surface area contributed by atoms with E-state index in [9.17, 15) is 14.4 Å². The topological polar surface area (TPSA) is 81.0 Å². The van der Waals surface area contributed by atoms with E-state index in [1.807, 2.05) is 66.7 Å². The number of hydrogen-bond acceptors (Lipinski definition) is 6. The van der Waals surface area contributed by atoms with E-state index in [1.54, 1.807) is 25.8 Å². The second-order valence-corrected chi connectivity index (χ2v) is 9.17. The summed E-state index contributed by atoms with van der Waals surface area (Å²) in [4.78, 5) is 46.5. The van der Waals surface area contributed by atoms with Crippen LogP contribution < -0.4 is 19.8 Å². The SMILES string of the molecule is CCOC(=O)C1=C(C)N=c2s/c(=C3\C(=O)N(C)c4ccccc43)c(=O)n2[C@@H]1/C=C/c1ccccc1. The molecule has 3 aromatic rings. The summed E-state index contributed by atoms with van der Waals surface area (Å²) < 4.78 is 7.10. The summed E-state index contributed by atoms with van der Waals surface area (Å²) in [7, 11) is 1.69. The molecule has 2 aromatic carbocycles. The summed E-state index contributed by atoms with van der Waals surface area (Å²) in [6, 6.07) is 16.3. The average Bonchev–Trinajstić information content (AvgIpc) is 3.30. The van der Waals surface area contributed by atoms with E-state index in [0.717, 1.165) is 22.6 Å². The number of allylic oxidation sites excluding steroid dienone is 2. The van der Waals surface area contributed by atoms with Gasteiger partial charge in [-0.3, -0.25) is 14.2 Å². The van der Waals surface area contributed by atoms with E-state index in [-0.39, 0.29) is 18.1 Å². The molecule has 0 saturated carbocycles. The monoisotopic (exact) mass is 485 g/mol. The number of aromatic nitrogens is 1. The standard InChI is InChI=1S/C27H23N3O4S/c1-4-34-26(33)21-16(2)28-27-30(20(21)15-14-17-10-6-5-7-11-17)25(32)23(35-27)22-18-12-8-9-13-19(18)29(3)24(22)31/h5-15,20H,4H2,1-3H3/b15-14+,23-22-/t20-/m1/s1. The first-order valence-corrected chi connectivity index (χ1v) is 12.1. The first-order valence-electron chi connectivity index (χ1n) is 11.2. The molecule has 176 valence electrons. The lowest BCUT2D eigenvalue weighted by Gasteiger charge is -2.21. The van der Waals surface area contributed by atoms with Crippen LogP contribution in [0, 0.1) is 0 Å². The Labute approximate surface area is 205 Å². The number of carbonyl (C=O) groups excluding carboxylic acids is 2. The van der Waals surface area contributed by atoms with Gasteiger partial charge in [0.25, 0.3) is 11.5 Å². The largest absolute Gasteiger partial charge is 0.463 e. The van der Waals surface area contributed by atoms with Crippen LogP contribution in [0.3, 0.4) is 0 Å². The Hall–Kier alpha value is -4.04. The van der Waals surface area contributed by atoms with E-state index in [2.05, 4.69) is 4.99 Å². The van der Waals surface area contributed by atoms with Crippen LogP contribution in [0.5, 0.6) is 0 Å². The molecule has 3 heterocycles. The molecule has 0 saturated heterocycles. The molecule has 0 unspecified atom stereocenters. The quantitative estimate of drug-likeness (QED) is 0.533. The number of likely N-dealkylation sites (N-methyl/N-ethyl adjacent to an activating group) is 1. The van der Waals surface area contributed by atoms with Gasteiger partial charge in [-0.05, 0) is 25.5 Å². The number of rotatable bonds is 4. The molecule has 0 radical (unpaired) electrons. The van der Waals surface area contributed by atoms with Gasteiger partial charge in [-0.2, -0.15) is 0 Å². The molecule has 8 heteroatoms. The van der Waals surface area contributed by atoms with Gasteiger partial charge in [-0.25, -0.2) is 9.79 Å². The van der Waals surface area contributed by atoms with Crippen molar-refractivity contribution in [3.63, 3.8) is 0 Å². The number of amides is 1. The molecule has 0 fully saturated rings. The van der Waals surface area contributed by atoms with Crippen LogP contribution in [-0.4, -0.2) is 30.1 Å². The average molecular weight is 486 g/mol. The summed E-state index contributed by atoms with van der Waals surface area (Å²) in [6.45, 7) is 3.68. The van der Waals surface area contributed by atoms with Gasteiger partial charge in [0.1, 0.15) is 4.53 Å². The molecule has 2 aliphatic heterocycles. The fourth-order valence-corrected chi connectivity index (χ4v) is 5.57. The molecule has 35 heavy (non-hydrogen) atoms. The maximum absolute atomic E-state index is 13.8. The van der Waals surface area contributed by atoms with Crippen LogP contribution in [0.4, 0.5) is 5.69 Å². The Bertz CT molecular complexity index is 1590. The zero-order valence-corrected chi connectivity index (χ0v) is 20.3. The molecule has 1 aromatic heterocycles. The van der Waals surface area contributed by atoms with Crippen molar-refractivity contribution in [3.05, 3.63) is 103 Å². The highest BCUT2D eigenvalue weighted by Crippen LogP contribution is 2.34. The van der Waals surface area contributed by atoms with Crippen LogP contribution in [-0.2, 0) is 14.3 Å². The van der Waals surface area contributed by atoms with Gasteiger partial charge in [-0.1, -0.05) is 72.0 Å². The van der Waals surface area contributed by atoms with Crippen molar-refractivity contribution < 1.29 is 14.3 Å². The molecule has 0 N–H and O–H groups in total. The van der Waals surface area contributed by atoms with Crippen molar-refractivity contribution in [2.45, 2.75) is 19.9 Å². The van der Waals surface area contributed by atoms with E-state index in [1.165, 1.54) is 4.57 Å². The molecular formula is C27H23N3O4S. The Morgan fingerprint density at radius 3 is 2.57 bits per heavy atom. The van der Waals surface area contributed by atoms with Gasteiger partial charge < -0.3 is 9.64 Å². The molecule has 0 spiro atoms. The van der Waals surface area contributed by atoms with E-state index in [0.29, 0.717) is 31.7 Å². The molecule has 7 nitrogen and oxygen atoms in total. The predicted molar refractivity (Wildman–Crippen MR) is 136 cm³/mol. The zero-order chi connectivity index (χ0) is 24.7. The Balaban J connectivity index is 1.76. The van der Waals surface area contributed by atoms with Crippen LogP contribution in [0.25, 0.3) is 11.6 Å². The molecule has 1 atom stereocenters. The van der Waals surface area contributed by atoms with Gasteiger partial charge >= 0.3 is 5.97 Å². The third kappa shape index (κ3) is 3.76. The maximum Gasteiger partial charge on any atom is 0.338 e. The summed E-state index contributed by atoms with van der Waals surface area (Å²) in [5, 5.41) is 0. The van der Waals surface area contributed by atoms with Gasteiger partial charge in [0.15, 0.2) is 4.80 Å². The number of fused-ring (bicyclic) bond motifs is 2. The van der Waals surface area contributed by atoms with Gasteiger partial charge in [-0.15, -0.1) is 0 Å². The summed E-state index contributed by atoms with van der Waals surface area (Å²) in [5.74, 6) is -0.759. The van der Waals surface area contributed by atoms with Crippen molar-refractivity contribution in [1.82, 2.24) is 4.57 Å². The molecule has 5 rings (SSSR count). The van der Waals surface area contributed by atoms with Crippen LogP contribution in [0.2, 0.25) is 0 Å². The number of hydrogen-bond donors (Lipinski definition) is 0. The van der Waals surface area contributed by atoms with Gasteiger partial charge in [0.2, 0.25) is 0 Å². The number of nitrogens with zero attached hydrogens (tertiary/aromatic N) is 3. The minimum Gasteiger partial charge on any atom is -0.463 e. The molecule has 1 amide bonds. The predicted octanol–water partition coefficient (Wildman–Crippen LogP) is 2.81. The van der Waals surface area contributed by atoms with Crippen LogP contribution >= 0.6 is 11.3 Å². The Morgan fingerprint density at radius 2 is 1.83 bits per heavy atom. The number of esters is 1. The second kappa shape index (κ2) is 8.96. The first kappa shape index (κ1) is 22.7. The first-order chi connectivity index (χ1) is 16.9. The molecule has 0 aliphatic carbocycles. The number of benzene rings is 2. The van der Waals surface area contributed by atoms with Crippen molar-refractivity contribution in [3.8, 4) is 0 Å². The number of ether oxygens (including phenoxy) is 1. The minimum absolute atomic E-state index is 0.205. The van der Waals surface area contributed by atoms with E-state index >= 15 is 0 Å². The Kier molecular flexibility index (Phi) is 5.82. The lowest BCUT2D eigenvalue weighted by atomic mass is 10.0. The summed E-state index contributed by atoms with van der Waals surface area (Å²) >= 11 is 1.16. The fourth-order valence-electron chi connectivity index (χ4n) is 4.42. The minimum atomic E-state index is -0.718. The zero-order valence-electron chi connectivity index (χ0n) is 19.5. The smallest absolute Gasteiger partial charge is 0.338 e. The van der Waals surface area contributed by atoms with Crippen molar-refractivity contribution in [2.24, 2.45) is 4.99 Å². The number of anilines is 1. The normalized spacial score (nSPS) is 18.5. The molecule has 0 bridgehead atoms.